The Kier molecular flexibility index (Phi) is 5.87. The molecule has 1 aliphatic carbocycles. The molecule has 0 saturated carbocycles. The van der Waals surface area contributed by atoms with Gasteiger partial charge in [-0.15, -0.1) is 6.42 Å². The summed E-state index contributed by atoms with van der Waals surface area (Å²) in [7, 11) is 0. The van der Waals surface area contributed by atoms with Crippen LogP contribution >= 0.6 is 0 Å². The van der Waals surface area contributed by atoms with Gasteiger partial charge >= 0.3 is 6.92 Å². The molecule has 1 atom stereocenters. The highest BCUT2D eigenvalue weighted by Crippen LogP contribution is 2.56. The van der Waals surface area contributed by atoms with E-state index in [1.807, 2.05) is 0 Å². The van der Waals surface area contributed by atoms with E-state index in [1.165, 1.54) is 17.5 Å². The molecule has 1 fully saturated rings. The number of hydrogen-bond donors (Lipinski definition) is 0. The second kappa shape index (κ2) is 7.36. The Balaban J connectivity index is 1.99. The van der Waals surface area contributed by atoms with Crippen LogP contribution < -0.4 is 0 Å². The van der Waals surface area contributed by atoms with Gasteiger partial charge in [0.2, 0.25) is 0 Å². The smallest absolute Gasteiger partial charge is 0.331 e. The molecule has 2 rings (SSSR count). The first-order chi connectivity index (χ1) is 11.2. The van der Waals surface area contributed by atoms with Gasteiger partial charge in [0.15, 0.2) is 0 Å². The lowest BCUT2D eigenvalue weighted by Crippen LogP contribution is -2.62. The van der Waals surface area contributed by atoms with E-state index in [1.54, 1.807) is 0 Å². The van der Waals surface area contributed by atoms with Crippen molar-refractivity contribution >= 4 is 6.92 Å². The predicted molar refractivity (Wildman–Crippen MR) is 106 cm³/mol. The molecule has 24 heavy (non-hydrogen) atoms. The van der Waals surface area contributed by atoms with E-state index in [4.69, 9.17) is 11.1 Å². The maximum atomic E-state index is 6.18. The Bertz CT molecular complexity index is 598. The largest absolute Gasteiger partial charge is 0.426 e. The van der Waals surface area contributed by atoms with Gasteiger partial charge in [-0.05, 0) is 52.4 Å². The first-order valence-corrected chi connectivity index (χ1v) is 9.43. The van der Waals surface area contributed by atoms with Crippen LogP contribution in [0.25, 0.3) is 0 Å². The fraction of sp³-hybridized carbons (Fsp3) is 0.636. The van der Waals surface area contributed by atoms with Gasteiger partial charge in [-0.1, -0.05) is 62.4 Å². The molecule has 1 unspecified atom stereocenters. The Morgan fingerprint density at radius 1 is 1.38 bits per heavy atom. The van der Waals surface area contributed by atoms with Gasteiger partial charge in [-0.2, -0.15) is 0 Å². The molecule has 2 aliphatic rings. The van der Waals surface area contributed by atoms with Crippen molar-refractivity contribution in [1.29, 1.82) is 0 Å². The van der Waals surface area contributed by atoms with Gasteiger partial charge in [0.05, 0.1) is 0 Å². The Hall–Kier alpha value is -1.20. The van der Waals surface area contributed by atoms with Gasteiger partial charge in [-0.25, -0.2) is 0 Å². The summed E-state index contributed by atoms with van der Waals surface area (Å²) in [6, 6.07) is 0. The molecule has 0 spiro atoms. The Labute approximate surface area is 149 Å². The van der Waals surface area contributed by atoms with Crippen LogP contribution in [0.5, 0.6) is 0 Å². The van der Waals surface area contributed by atoms with Crippen LogP contribution in [0, 0.1) is 18.3 Å². The average molecular weight is 324 g/mol. The minimum Gasteiger partial charge on any atom is -0.426 e. The van der Waals surface area contributed by atoms with Crippen LogP contribution in [0.15, 0.2) is 34.8 Å². The highest BCUT2D eigenvalue weighted by molar-refractivity contribution is 6.66. The first kappa shape index (κ1) is 19.1. The van der Waals surface area contributed by atoms with E-state index in [0.717, 1.165) is 31.3 Å². The lowest BCUT2D eigenvalue weighted by Gasteiger charge is -2.58. The van der Waals surface area contributed by atoms with Crippen molar-refractivity contribution in [2.24, 2.45) is 5.92 Å². The summed E-state index contributed by atoms with van der Waals surface area (Å²) in [5.74, 6) is 3.44. The van der Waals surface area contributed by atoms with Gasteiger partial charge in [0.1, 0.15) is 0 Å². The molecule has 0 amide bonds. The first-order valence-electron chi connectivity index (χ1n) is 9.43. The van der Waals surface area contributed by atoms with Crippen molar-refractivity contribution in [1.82, 2.24) is 0 Å². The molecule has 0 bridgehead atoms. The average Bonchev–Trinajstić information content (AvgIpc) is 2.56. The third-order valence-electron chi connectivity index (χ3n) is 6.30. The molecule has 130 valence electrons. The number of hydrogen-bond acceptors (Lipinski definition) is 1. The highest BCUT2D eigenvalue weighted by Gasteiger charge is 2.59. The highest BCUT2D eigenvalue weighted by atomic mass is 16.5. The molecule has 0 aromatic heterocycles. The maximum Gasteiger partial charge on any atom is 0.331 e. The molecule has 0 radical (unpaired) electrons. The van der Waals surface area contributed by atoms with Crippen molar-refractivity contribution < 1.29 is 4.65 Å². The van der Waals surface area contributed by atoms with E-state index < -0.39 is 0 Å². The monoisotopic (exact) mass is 324 g/mol. The third kappa shape index (κ3) is 3.73. The maximum absolute atomic E-state index is 6.18. The van der Waals surface area contributed by atoms with Gasteiger partial charge in [-0.3, -0.25) is 0 Å². The molecule has 1 aliphatic heterocycles. The van der Waals surface area contributed by atoms with Gasteiger partial charge in [0, 0.05) is 16.5 Å². The fourth-order valence-corrected chi connectivity index (χ4v) is 3.74. The number of allylic oxidation sites excluding steroid dienone is 6. The summed E-state index contributed by atoms with van der Waals surface area (Å²) in [5, 5.41) is 0.223. The molecule has 1 nitrogen and oxygen atoms in total. The predicted octanol–water partition coefficient (Wildman–Crippen LogP) is 6.14. The summed E-state index contributed by atoms with van der Waals surface area (Å²) in [6.07, 6.45) is 18.0. The summed E-state index contributed by atoms with van der Waals surface area (Å²) < 4.78 is 6.18. The second-order valence-corrected chi connectivity index (χ2v) is 8.48. The SMILES string of the molecule is C#C/C(=C\C=C(/C)C1CC=C(B2OC(C)(C)C2(C)C)CC1)CCC. The summed E-state index contributed by atoms with van der Waals surface area (Å²) in [4.78, 5) is 0. The van der Waals surface area contributed by atoms with Crippen molar-refractivity contribution in [3.05, 3.63) is 34.8 Å². The van der Waals surface area contributed by atoms with E-state index in [-0.39, 0.29) is 10.9 Å². The van der Waals surface area contributed by atoms with Crippen molar-refractivity contribution in [3.63, 3.8) is 0 Å². The third-order valence-corrected chi connectivity index (χ3v) is 6.30. The molecule has 2 heteroatoms. The molecular weight excluding hydrogens is 291 g/mol. The summed E-state index contributed by atoms with van der Waals surface area (Å²) >= 11 is 0. The Morgan fingerprint density at radius 2 is 2.08 bits per heavy atom. The van der Waals surface area contributed by atoms with E-state index in [0.29, 0.717) is 12.8 Å². The van der Waals surface area contributed by atoms with Crippen molar-refractivity contribution in [2.75, 3.05) is 0 Å². The molecule has 1 heterocycles. The van der Waals surface area contributed by atoms with Crippen LogP contribution in [0.1, 0.15) is 73.6 Å². The lowest BCUT2D eigenvalue weighted by molar-refractivity contribution is -0.0121. The topological polar surface area (TPSA) is 9.23 Å². The van der Waals surface area contributed by atoms with Crippen molar-refractivity contribution in [3.8, 4) is 12.3 Å². The van der Waals surface area contributed by atoms with Crippen LogP contribution in [0.4, 0.5) is 0 Å². The fourth-order valence-electron chi connectivity index (χ4n) is 3.74. The molecule has 0 aromatic carbocycles. The van der Waals surface area contributed by atoms with E-state index >= 15 is 0 Å². The second-order valence-electron chi connectivity index (χ2n) is 8.48. The van der Waals surface area contributed by atoms with Gasteiger partial charge in [0.25, 0.3) is 0 Å². The minimum atomic E-state index is -0.0130. The quantitative estimate of drug-likeness (QED) is 0.335. The molecule has 1 saturated heterocycles. The van der Waals surface area contributed by atoms with Crippen molar-refractivity contribution in [2.45, 2.75) is 84.6 Å². The Morgan fingerprint density at radius 3 is 2.54 bits per heavy atom. The summed E-state index contributed by atoms with van der Waals surface area (Å²) in [6.45, 7) is 13.8. The zero-order valence-electron chi connectivity index (χ0n) is 16.4. The molecule has 0 N–H and O–H groups in total. The van der Waals surface area contributed by atoms with Gasteiger partial charge < -0.3 is 4.65 Å². The van der Waals surface area contributed by atoms with E-state index in [2.05, 4.69) is 65.7 Å². The molecular formula is C22H33BO. The lowest BCUT2D eigenvalue weighted by atomic mass is 9.31. The van der Waals surface area contributed by atoms with Crippen LogP contribution in [0.3, 0.4) is 0 Å². The zero-order chi connectivity index (χ0) is 18.0. The van der Waals surface area contributed by atoms with Crippen LogP contribution in [-0.4, -0.2) is 12.5 Å². The minimum absolute atomic E-state index is 0.0130. The summed E-state index contributed by atoms with van der Waals surface area (Å²) in [5.41, 5.74) is 4.05. The standard InChI is InChI=1S/C22H33BO/c1-8-10-18(9-2)12-11-17(3)19-13-15-20(16-14-19)23-21(4,5)22(6,7)24-23/h2,11-12,15,19H,8,10,13-14,16H2,1,3-7H3/b17-11+,18-12+. The normalized spacial score (nSPS) is 26.5. The van der Waals surface area contributed by atoms with E-state index in [9.17, 15) is 0 Å². The number of rotatable bonds is 5. The molecule has 0 aromatic rings. The van der Waals surface area contributed by atoms with Crippen LogP contribution in [-0.2, 0) is 4.65 Å². The zero-order valence-corrected chi connectivity index (χ0v) is 16.4. The van der Waals surface area contributed by atoms with Crippen LogP contribution in [0.2, 0.25) is 5.31 Å². The number of terminal acetylenes is 1.